The van der Waals surface area contributed by atoms with Crippen LogP contribution < -0.4 is 5.32 Å². The van der Waals surface area contributed by atoms with Gasteiger partial charge in [-0.15, -0.1) is 10.2 Å². The van der Waals surface area contributed by atoms with Gasteiger partial charge >= 0.3 is 6.09 Å². The molecule has 0 aliphatic carbocycles. The third kappa shape index (κ3) is 5.96. The van der Waals surface area contributed by atoms with Crippen molar-refractivity contribution in [3.8, 4) is 0 Å². The maximum atomic E-state index is 12.6. The summed E-state index contributed by atoms with van der Waals surface area (Å²) in [6.07, 6.45) is 1.89. The number of thioether (sulfide) groups is 1. The van der Waals surface area contributed by atoms with E-state index < -0.39 is 17.7 Å². The molecule has 1 atom stereocenters. The highest BCUT2D eigenvalue weighted by molar-refractivity contribution is 7.98. The van der Waals surface area contributed by atoms with E-state index in [9.17, 15) is 4.79 Å². The lowest BCUT2D eigenvalue weighted by molar-refractivity contribution is 0.0494. The van der Waals surface area contributed by atoms with E-state index in [1.807, 2.05) is 63.4 Å². The molecule has 0 bridgehead atoms. The van der Waals surface area contributed by atoms with Crippen LogP contribution in [0.5, 0.6) is 0 Å². The van der Waals surface area contributed by atoms with E-state index in [1.54, 1.807) is 0 Å². The molecule has 0 unspecified atom stereocenters. The maximum absolute atomic E-state index is 12.6. The summed E-state index contributed by atoms with van der Waals surface area (Å²) >= 11 is 1.47. The maximum Gasteiger partial charge on any atom is 0.408 e. The highest BCUT2D eigenvalue weighted by Crippen LogP contribution is 2.28. The monoisotopic (exact) mass is 464 g/mol. The summed E-state index contributed by atoms with van der Waals surface area (Å²) < 4.78 is 11.4. The normalized spacial score (nSPS) is 12.6. The first-order chi connectivity index (χ1) is 15.8. The first-order valence-electron chi connectivity index (χ1n) is 10.8. The number of fused-ring (bicyclic) bond motifs is 1. The van der Waals surface area contributed by atoms with Crippen molar-refractivity contribution in [3.05, 3.63) is 77.3 Å². The van der Waals surface area contributed by atoms with Crippen LogP contribution in [0.15, 0.2) is 64.4 Å². The topological polar surface area (TPSA) is 93.0 Å². The van der Waals surface area contributed by atoms with Crippen LogP contribution >= 0.6 is 11.8 Å². The van der Waals surface area contributed by atoms with Gasteiger partial charge in [-0.2, -0.15) is 0 Å². The zero-order chi connectivity index (χ0) is 23.4. The van der Waals surface area contributed by atoms with Gasteiger partial charge in [0.05, 0.1) is 0 Å². The molecular weight excluding hydrogens is 436 g/mol. The van der Waals surface area contributed by atoms with E-state index >= 15 is 0 Å². The molecule has 4 aromatic rings. The van der Waals surface area contributed by atoms with Gasteiger partial charge in [0, 0.05) is 29.3 Å². The second kappa shape index (κ2) is 9.70. The molecule has 1 amide bonds. The number of carbonyl (C=O) groups excluding carboxylic acids is 1. The van der Waals surface area contributed by atoms with Crippen molar-refractivity contribution >= 4 is 28.8 Å². The van der Waals surface area contributed by atoms with Crippen LogP contribution in [-0.2, 0) is 16.9 Å². The van der Waals surface area contributed by atoms with Crippen LogP contribution in [0.3, 0.4) is 0 Å². The Kier molecular flexibility index (Phi) is 6.74. The van der Waals surface area contributed by atoms with Crippen molar-refractivity contribution < 1.29 is 13.9 Å². The molecular formula is C25H28N4O3S. The Balaban J connectivity index is 1.54. The fourth-order valence-corrected chi connectivity index (χ4v) is 4.35. The van der Waals surface area contributed by atoms with E-state index in [0.29, 0.717) is 17.5 Å². The Labute approximate surface area is 197 Å². The molecule has 0 spiro atoms. The quantitative estimate of drug-likeness (QED) is 0.328. The van der Waals surface area contributed by atoms with Gasteiger partial charge in [-0.05, 0) is 50.5 Å². The van der Waals surface area contributed by atoms with Crippen LogP contribution in [0, 0.1) is 6.92 Å². The van der Waals surface area contributed by atoms with Gasteiger partial charge < -0.3 is 19.5 Å². The molecule has 4 rings (SSSR count). The van der Waals surface area contributed by atoms with E-state index in [2.05, 4.69) is 39.6 Å². The van der Waals surface area contributed by atoms with Gasteiger partial charge in [-0.1, -0.05) is 54.2 Å². The lowest BCUT2D eigenvalue weighted by Gasteiger charge is -2.22. The number of ether oxygens (including phenoxy) is 1. The van der Waals surface area contributed by atoms with Gasteiger partial charge in [0.1, 0.15) is 11.6 Å². The zero-order valence-electron chi connectivity index (χ0n) is 19.2. The Bertz CT molecular complexity index is 1240. The number of rotatable bonds is 7. The smallest absolute Gasteiger partial charge is 0.408 e. The number of hydrogen-bond donors (Lipinski definition) is 2. The first kappa shape index (κ1) is 22.9. The van der Waals surface area contributed by atoms with Crippen molar-refractivity contribution in [3.63, 3.8) is 0 Å². The molecule has 0 saturated heterocycles. The minimum atomic E-state index is -0.612. The minimum absolute atomic E-state index is 0.346. The number of aryl methyl sites for hydroxylation is 1. The fraction of sp³-hybridized carbons (Fsp3) is 0.320. The Morgan fingerprint density at radius 1 is 1.12 bits per heavy atom. The van der Waals surface area contributed by atoms with Crippen molar-refractivity contribution in [2.75, 3.05) is 0 Å². The van der Waals surface area contributed by atoms with Gasteiger partial charge in [-0.25, -0.2) is 4.79 Å². The van der Waals surface area contributed by atoms with E-state index in [4.69, 9.17) is 9.15 Å². The third-order valence-electron chi connectivity index (χ3n) is 5.12. The summed E-state index contributed by atoms with van der Waals surface area (Å²) in [5.41, 5.74) is 3.89. The van der Waals surface area contributed by atoms with Gasteiger partial charge in [0.15, 0.2) is 0 Å². The number of nitrogens with zero attached hydrogens (tertiary/aromatic N) is 2. The predicted molar refractivity (Wildman–Crippen MR) is 129 cm³/mol. The van der Waals surface area contributed by atoms with Gasteiger partial charge in [0.2, 0.25) is 5.89 Å². The van der Waals surface area contributed by atoms with Crippen LogP contribution in [0.4, 0.5) is 4.79 Å². The fourth-order valence-electron chi connectivity index (χ4n) is 3.50. The van der Waals surface area contributed by atoms with E-state index in [-0.39, 0.29) is 0 Å². The van der Waals surface area contributed by atoms with Gasteiger partial charge in [0.25, 0.3) is 5.22 Å². The lowest BCUT2D eigenvalue weighted by Crippen LogP contribution is -2.36. The highest BCUT2D eigenvalue weighted by atomic mass is 32.2. The van der Waals surface area contributed by atoms with Crippen molar-refractivity contribution in [2.24, 2.45) is 0 Å². The lowest BCUT2D eigenvalue weighted by atomic mass is 10.1. The number of alkyl carbamates (subject to hydrolysis) is 1. The molecule has 2 aromatic heterocycles. The largest absolute Gasteiger partial charge is 0.444 e. The Morgan fingerprint density at radius 2 is 1.88 bits per heavy atom. The summed E-state index contributed by atoms with van der Waals surface area (Å²) in [5, 5.41) is 12.9. The number of aromatic amines is 1. The van der Waals surface area contributed by atoms with Gasteiger partial charge in [-0.3, -0.25) is 0 Å². The Hall–Kier alpha value is -3.26. The molecule has 0 aliphatic rings. The number of aromatic nitrogens is 3. The number of para-hydroxylation sites is 1. The van der Waals surface area contributed by atoms with Crippen molar-refractivity contribution in [1.82, 2.24) is 20.5 Å². The van der Waals surface area contributed by atoms with Crippen LogP contribution in [0.2, 0.25) is 0 Å². The SMILES string of the molecule is Cc1ccccc1CSc1nnc([C@H](Cc2c[nH]c3ccccc23)NC(=O)OC(C)(C)C)o1. The molecule has 8 heteroatoms. The van der Waals surface area contributed by atoms with Crippen LogP contribution in [0.25, 0.3) is 10.9 Å². The summed E-state index contributed by atoms with van der Waals surface area (Å²) in [6.45, 7) is 7.56. The summed E-state index contributed by atoms with van der Waals surface area (Å²) in [4.78, 5) is 15.8. The molecule has 7 nitrogen and oxygen atoms in total. The molecule has 2 aromatic carbocycles. The molecule has 0 saturated carbocycles. The average Bonchev–Trinajstić information content (AvgIpc) is 3.39. The minimum Gasteiger partial charge on any atom is -0.444 e. The second-order valence-electron chi connectivity index (χ2n) is 8.88. The Morgan fingerprint density at radius 3 is 2.67 bits per heavy atom. The number of amides is 1. The van der Waals surface area contributed by atoms with Crippen molar-refractivity contribution in [2.45, 2.75) is 56.7 Å². The molecule has 0 aliphatic heterocycles. The standard InChI is InChI=1S/C25H28N4O3S/c1-16-9-5-6-10-17(16)15-33-24-29-28-22(31-24)21(27-23(30)32-25(2,3)4)13-18-14-26-20-12-8-7-11-19(18)20/h5-12,14,21,26H,13,15H2,1-4H3,(H,27,30)/t21-/m0/s1. The predicted octanol–water partition coefficient (Wildman–Crippen LogP) is 5.96. The van der Waals surface area contributed by atoms with E-state index in [0.717, 1.165) is 22.2 Å². The third-order valence-corrected chi connectivity index (χ3v) is 5.99. The number of nitrogens with one attached hydrogen (secondary N) is 2. The second-order valence-corrected chi connectivity index (χ2v) is 9.81. The molecule has 0 fully saturated rings. The molecule has 172 valence electrons. The summed E-state index contributed by atoms with van der Waals surface area (Å²) in [5.74, 6) is 1.07. The molecule has 33 heavy (non-hydrogen) atoms. The zero-order valence-corrected chi connectivity index (χ0v) is 20.0. The number of carbonyl (C=O) groups is 1. The van der Waals surface area contributed by atoms with Crippen LogP contribution in [0.1, 0.15) is 49.4 Å². The highest BCUT2D eigenvalue weighted by Gasteiger charge is 2.26. The number of benzene rings is 2. The first-order valence-corrected chi connectivity index (χ1v) is 11.8. The van der Waals surface area contributed by atoms with E-state index in [1.165, 1.54) is 22.9 Å². The van der Waals surface area contributed by atoms with Crippen molar-refractivity contribution in [1.29, 1.82) is 0 Å². The number of H-pyrrole nitrogens is 1. The summed E-state index contributed by atoms with van der Waals surface area (Å²) in [6, 6.07) is 15.7. The van der Waals surface area contributed by atoms with Crippen LogP contribution in [-0.4, -0.2) is 26.9 Å². The summed E-state index contributed by atoms with van der Waals surface area (Å²) in [7, 11) is 0. The molecule has 2 heterocycles. The molecule has 2 N–H and O–H groups in total. The average molecular weight is 465 g/mol. The number of hydrogen-bond acceptors (Lipinski definition) is 6. The molecule has 0 radical (unpaired) electrons.